The number of likely N-dealkylation sites (tertiary alicyclic amines) is 2. The Morgan fingerprint density at radius 3 is 2.00 bits per heavy atom. The molecule has 19 heavy (non-hydrogen) atoms. The van der Waals surface area contributed by atoms with Gasteiger partial charge in [-0.05, 0) is 38.4 Å². The van der Waals surface area contributed by atoms with Gasteiger partial charge in [-0.3, -0.25) is 4.79 Å². The molecule has 3 nitrogen and oxygen atoms in total. The van der Waals surface area contributed by atoms with E-state index in [0.717, 1.165) is 13.1 Å². The van der Waals surface area contributed by atoms with Gasteiger partial charge in [-0.15, -0.1) is 0 Å². The first-order valence-corrected chi connectivity index (χ1v) is 7.76. The second-order valence-corrected chi connectivity index (χ2v) is 7.29. The maximum absolute atomic E-state index is 12.0. The number of amides is 1. The molecule has 0 radical (unpaired) electrons. The van der Waals surface area contributed by atoms with E-state index in [1.807, 2.05) is 13.8 Å². The highest BCUT2D eigenvalue weighted by Gasteiger charge is 2.46. The van der Waals surface area contributed by atoms with Gasteiger partial charge in [0.1, 0.15) is 0 Å². The molecule has 0 N–H and O–H groups in total. The molecule has 1 amide bonds. The molecule has 0 aliphatic carbocycles. The zero-order valence-corrected chi connectivity index (χ0v) is 13.8. The van der Waals surface area contributed by atoms with E-state index in [1.54, 1.807) is 0 Å². The first-order valence-electron chi connectivity index (χ1n) is 7.76. The lowest BCUT2D eigenvalue weighted by atomic mass is 9.71. The van der Waals surface area contributed by atoms with Crippen molar-refractivity contribution in [2.45, 2.75) is 53.9 Å². The smallest absolute Gasteiger partial charge is 0.223 e. The highest BCUT2D eigenvalue weighted by Crippen LogP contribution is 2.40. The maximum Gasteiger partial charge on any atom is 0.223 e. The number of carbonyl (C=O) groups is 1. The van der Waals surface area contributed by atoms with E-state index in [-0.39, 0.29) is 5.41 Å². The highest BCUT2D eigenvalue weighted by molar-refractivity contribution is 5.77. The molecule has 2 fully saturated rings. The van der Waals surface area contributed by atoms with Crippen LogP contribution in [0.3, 0.4) is 0 Å². The summed E-state index contributed by atoms with van der Waals surface area (Å²) in [6.45, 7) is 14.8. The standard InChI is InChI=1S/C14H26N2O.C2H6/c1-13(2,3)9-12(17)16-10-14(11-16)5-7-15(4)8-6-14;1-2/h5-11H2,1-4H3;1-2H3. The third-order valence-corrected chi connectivity index (χ3v) is 4.13. The van der Waals surface area contributed by atoms with Gasteiger partial charge in [0.05, 0.1) is 0 Å². The molecular formula is C16H32N2O. The van der Waals surface area contributed by atoms with E-state index in [4.69, 9.17) is 0 Å². The Hall–Kier alpha value is -0.570. The monoisotopic (exact) mass is 268 g/mol. The van der Waals surface area contributed by atoms with Crippen LogP contribution in [0.5, 0.6) is 0 Å². The molecule has 1 spiro atoms. The predicted octanol–water partition coefficient (Wildman–Crippen LogP) is 3.00. The van der Waals surface area contributed by atoms with E-state index >= 15 is 0 Å². The number of nitrogens with zero attached hydrogens (tertiary/aromatic N) is 2. The third kappa shape index (κ3) is 4.48. The molecule has 0 saturated carbocycles. The summed E-state index contributed by atoms with van der Waals surface area (Å²) in [5, 5.41) is 0. The molecule has 2 saturated heterocycles. The molecule has 112 valence electrons. The lowest BCUT2D eigenvalue weighted by Gasteiger charge is -2.54. The van der Waals surface area contributed by atoms with E-state index < -0.39 is 0 Å². The fraction of sp³-hybridized carbons (Fsp3) is 0.938. The summed E-state index contributed by atoms with van der Waals surface area (Å²) >= 11 is 0. The molecule has 0 aromatic rings. The number of hydrogen-bond acceptors (Lipinski definition) is 2. The van der Waals surface area contributed by atoms with Crippen molar-refractivity contribution in [2.24, 2.45) is 10.8 Å². The van der Waals surface area contributed by atoms with Gasteiger partial charge < -0.3 is 9.80 Å². The molecule has 2 rings (SSSR count). The zero-order valence-electron chi connectivity index (χ0n) is 13.8. The van der Waals surface area contributed by atoms with Gasteiger partial charge in [0.25, 0.3) is 0 Å². The van der Waals surface area contributed by atoms with Crippen LogP contribution < -0.4 is 0 Å². The summed E-state index contributed by atoms with van der Waals surface area (Å²) < 4.78 is 0. The third-order valence-electron chi connectivity index (χ3n) is 4.13. The van der Waals surface area contributed by atoms with E-state index in [1.165, 1.54) is 25.9 Å². The lowest BCUT2D eigenvalue weighted by Crippen LogP contribution is -2.61. The fourth-order valence-electron chi connectivity index (χ4n) is 2.91. The van der Waals surface area contributed by atoms with Crippen molar-refractivity contribution in [3.8, 4) is 0 Å². The van der Waals surface area contributed by atoms with Crippen LogP contribution in [0.1, 0.15) is 53.9 Å². The fourth-order valence-corrected chi connectivity index (χ4v) is 2.91. The van der Waals surface area contributed by atoms with Crippen LogP contribution in [-0.4, -0.2) is 48.9 Å². The SMILES string of the molecule is CC.CN1CCC2(CC1)CN(C(=O)CC(C)(C)C)C2. The van der Waals surface area contributed by atoms with E-state index in [0.29, 0.717) is 17.7 Å². The minimum atomic E-state index is 0.118. The van der Waals surface area contributed by atoms with E-state index in [2.05, 4.69) is 37.6 Å². The van der Waals surface area contributed by atoms with Crippen molar-refractivity contribution in [1.29, 1.82) is 0 Å². The van der Waals surface area contributed by atoms with Gasteiger partial charge in [0.2, 0.25) is 5.91 Å². The average Bonchev–Trinajstić information content (AvgIpc) is 2.28. The molecular weight excluding hydrogens is 236 g/mol. The number of piperidine rings is 1. The van der Waals surface area contributed by atoms with Crippen molar-refractivity contribution in [2.75, 3.05) is 33.2 Å². The Kier molecular flexibility index (Phi) is 5.43. The lowest BCUT2D eigenvalue weighted by molar-refractivity contribution is -0.148. The van der Waals surface area contributed by atoms with Gasteiger partial charge in [0, 0.05) is 24.9 Å². The van der Waals surface area contributed by atoms with Crippen molar-refractivity contribution < 1.29 is 4.79 Å². The van der Waals surface area contributed by atoms with Crippen LogP contribution in [0.4, 0.5) is 0 Å². The summed E-state index contributed by atoms with van der Waals surface area (Å²) in [6, 6.07) is 0. The second kappa shape index (κ2) is 6.25. The van der Waals surface area contributed by atoms with Gasteiger partial charge in [-0.2, -0.15) is 0 Å². The van der Waals surface area contributed by atoms with Crippen molar-refractivity contribution >= 4 is 5.91 Å². The van der Waals surface area contributed by atoms with Crippen molar-refractivity contribution in [3.05, 3.63) is 0 Å². The highest BCUT2D eigenvalue weighted by atomic mass is 16.2. The second-order valence-electron chi connectivity index (χ2n) is 7.29. The summed E-state index contributed by atoms with van der Waals surface area (Å²) in [4.78, 5) is 16.5. The quantitative estimate of drug-likeness (QED) is 0.730. The molecule has 2 heterocycles. The first kappa shape index (κ1) is 16.5. The molecule has 0 atom stereocenters. The van der Waals surface area contributed by atoms with Crippen LogP contribution in [0.2, 0.25) is 0 Å². The van der Waals surface area contributed by atoms with Crippen molar-refractivity contribution in [1.82, 2.24) is 9.80 Å². The Labute approximate surface area is 119 Å². The minimum Gasteiger partial charge on any atom is -0.341 e. The predicted molar refractivity (Wildman–Crippen MR) is 81.2 cm³/mol. The average molecular weight is 268 g/mol. The van der Waals surface area contributed by atoms with Gasteiger partial charge in [-0.25, -0.2) is 0 Å². The molecule has 0 aromatic carbocycles. The summed E-state index contributed by atoms with van der Waals surface area (Å²) in [7, 11) is 2.19. The zero-order chi connectivity index (χ0) is 14.7. The minimum absolute atomic E-state index is 0.118. The van der Waals surface area contributed by atoms with Gasteiger partial charge in [0.15, 0.2) is 0 Å². The Morgan fingerprint density at radius 2 is 1.58 bits per heavy atom. The summed E-state index contributed by atoms with van der Waals surface area (Å²) in [6.07, 6.45) is 3.22. The normalized spacial score (nSPS) is 22.5. The molecule has 2 aliphatic heterocycles. The number of carbonyl (C=O) groups excluding carboxylic acids is 1. The Morgan fingerprint density at radius 1 is 1.11 bits per heavy atom. The van der Waals surface area contributed by atoms with Crippen LogP contribution in [0, 0.1) is 10.8 Å². The van der Waals surface area contributed by atoms with Crippen LogP contribution in [0.25, 0.3) is 0 Å². The molecule has 0 unspecified atom stereocenters. The Bertz CT molecular complexity index is 290. The van der Waals surface area contributed by atoms with Crippen molar-refractivity contribution in [3.63, 3.8) is 0 Å². The Balaban J connectivity index is 0.000000861. The topological polar surface area (TPSA) is 23.6 Å². The van der Waals surface area contributed by atoms with Gasteiger partial charge >= 0.3 is 0 Å². The molecule has 0 bridgehead atoms. The molecule has 3 heteroatoms. The van der Waals surface area contributed by atoms with Crippen LogP contribution in [-0.2, 0) is 4.79 Å². The van der Waals surface area contributed by atoms with Crippen LogP contribution >= 0.6 is 0 Å². The number of rotatable bonds is 1. The van der Waals surface area contributed by atoms with Crippen LogP contribution in [0.15, 0.2) is 0 Å². The summed E-state index contributed by atoms with van der Waals surface area (Å²) in [5.41, 5.74) is 0.590. The van der Waals surface area contributed by atoms with Gasteiger partial charge in [-0.1, -0.05) is 34.6 Å². The molecule has 2 aliphatic rings. The molecule has 0 aromatic heterocycles. The largest absolute Gasteiger partial charge is 0.341 e. The first-order chi connectivity index (χ1) is 8.80. The number of hydrogen-bond donors (Lipinski definition) is 0. The maximum atomic E-state index is 12.0. The van der Waals surface area contributed by atoms with E-state index in [9.17, 15) is 4.79 Å². The summed E-state index contributed by atoms with van der Waals surface area (Å²) in [5.74, 6) is 0.349.